The number of benzene rings is 10. The van der Waals surface area contributed by atoms with E-state index in [2.05, 4.69) is 41.6 Å². The number of aromatic hydroxyl groups is 5. The summed E-state index contributed by atoms with van der Waals surface area (Å²) in [5.41, 5.74) is 24.6. The summed E-state index contributed by atoms with van der Waals surface area (Å²) < 4.78 is 56.8. The lowest BCUT2D eigenvalue weighted by Gasteiger charge is -2.22. The van der Waals surface area contributed by atoms with E-state index in [1.807, 2.05) is 243 Å². The average molecular weight is 2020 g/mol. The Morgan fingerprint density at radius 3 is 0.735 bits per heavy atom. The molecule has 0 saturated carbocycles. The molecule has 0 spiro atoms. The lowest BCUT2D eigenvalue weighted by atomic mass is 9.94. The minimum Gasteiger partial charge on any atom is -0.507 e. The summed E-state index contributed by atoms with van der Waals surface area (Å²) in [5, 5.41) is 75.5. The van der Waals surface area contributed by atoms with Gasteiger partial charge in [-0.15, -0.1) is 0 Å². The van der Waals surface area contributed by atoms with Gasteiger partial charge in [-0.05, 0) is 269 Å². The Balaban J connectivity index is 0.000000295. The topological polar surface area (TPSA) is 452 Å². The number of aryl methyl sites for hydroxylation is 8. The van der Waals surface area contributed by atoms with Crippen molar-refractivity contribution in [2.24, 2.45) is 26.4 Å². The first kappa shape index (κ1) is 119. The summed E-state index contributed by atoms with van der Waals surface area (Å²) >= 11 is 0. The Labute approximate surface area is 866 Å². The maximum absolute atomic E-state index is 12.6. The van der Waals surface area contributed by atoms with Gasteiger partial charge in [0.05, 0.1) is 26.2 Å². The summed E-state index contributed by atoms with van der Waals surface area (Å²) in [6, 6.07) is 60.2. The minimum absolute atomic E-state index is 0.0266. The third-order valence-electron chi connectivity index (χ3n) is 21.8. The molecular weight excluding hydrogens is 1870 g/mol. The maximum Gasteiger partial charge on any atom is 0.414 e. The summed E-state index contributed by atoms with van der Waals surface area (Å²) in [5.74, 6) is 4.68. The van der Waals surface area contributed by atoms with E-state index in [-0.39, 0.29) is 75.4 Å². The van der Waals surface area contributed by atoms with Crippen molar-refractivity contribution in [3.63, 3.8) is 0 Å². The van der Waals surface area contributed by atoms with Crippen LogP contribution in [-0.4, -0.2) is 161 Å². The highest BCUT2D eigenvalue weighted by molar-refractivity contribution is 6.02. The van der Waals surface area contributed by atoms with Crippen LogP contribution in [0, 0.1) is 39.0 Å². The normalized spacial score (nSPS) is 11.1. The van der Waals surface area contributed by atoms with Gasteiger partial charge >= 0.3 is 30.5 Å². The van der Waals surface area contributed by atoms with Gasteiger partial charge in [0.25, 0.3) is 0 Å². The number of para-hydroxylation sites is 10. The number of nitriles is 1. The monoisotopic (exact) mass is 2020 g/mol. The van der Waals surface area contributed by atoms with Crippen LogP contribution in [0.3, 0.4) is 0 Å². The highest BCUT2D eigenvalue weighted by Gasteiger charge is 2.28. The van der Waals surface area contributed by atoms with Crippen molar-refractivity contribution in [1.29, 1.82) is 5.26 Å². The third kappa shape index (κ3) is 41.0. The van der Waals surface area contributed by atoms with Crippen LogP contribution >= 0.6 is 0 Å². The highest BCUT2D eigenvalue weighted by atomic mass is 16.6. The van der Waals surface area contributed by atoms with Gasteiger partial charge in [-0.3, -0.25) is 26.3 Å². The molecule has 14 N–H and O–H groups in total. The molecule has 0 saturated heterocycles. The van der Waals surface area contributed by atoms with E-state index in [1.54, 1.807) is 104 Å². The predicted molar refractivity (Wildman–Crippen MR) is 576 cm³/mol. The lowest BCUT2D eigenvalue weighted by molar-refractivity contribution is 0.0511. The molecule has 10 aromatic rings. The first-order chi connectivity index (χ1) is 69.4. The molecule has 0 bridgehead atoms. The molecule has 0 fully saturated rings. The van der Waals surface area contributed by atoms with Gasteiger partial charge < -0.3 is 89.7 Å². The number of rotatable bonds is 34. The Morgan fingerprint density at radius 1 is 0.293 bits per heavy atom. The molecule has 10 aromatic carbocycles. The largest absolute Gasteiger partial charge is 0.507 e. The van der Waals surface area contributed by atoms with Crippen molar-refractivity contribution in [1.82, 2.24) is 26.6 Å². The van der Waals surface area contributed by atoms with Crippen LogP contribution < -0.4 is 61.7 Å². The van der Waals surface area contributed by atoms with Crippen LogP contribution in [0.2, 0.25) is 0 Å². The number of phenolic OH excluding ortho intramolecular Hbond substituents is 5. The van der Waals surface area contributed by atoms with E-state index in [0.717, 1.165) is 131 Å². The fourth-order valence-electron chi connectivity index (χ4n) is 15.3. The van der Waals surface area contributed by atoms with Crippen LogP contribution in [-0.2, 0) is 87.9 Å². The highest BCUT2D eigenvalue weighted by Crippen LogP contribution is 2.39. The quantitative estimate of drug-likeness (QED) is 0.00771. The Hall–Kier alpha value is -15.4. The molecule has 0 atom stereocenters. The van der Waals surface area contributed by atoms with Crippen LogP contribution in [0.4, 0.5) is 24.0 Å². The lowest BCUT2D eigenvalue weighted by Crippen LogP contribution is -2.47. The smallest absolute Gasteiger partial charge is 0.414 e. The standard InChI is InChI=1S/C50H66N4O10.C29H41N3O6.C19H25N3O2.C18H19NO2/c1-12-33-18-14-19-34(40(33)55)30-38-23-16-24-39(43(38)61-28-26-52-45(57)62-48(3,4)5)31-36-21-15-20-35(41(36)56)29-37-22-13-17-32(2)42(37)60-27-25-51-44(53-46(58)63-49(6,7)8)54-47(59)64-50(9,10)11;1-9-20-13-11-14-21(23(20)33)18-22-15-10-12-19(2)24(22)36-17-16-30-25(31-26(34)37-28(3,4)5)32-27(35)38-29(6,7)8;1-3-14-7-5-8-15(17(14)23)12-16-9-4-6-13(2)18(16)24-11-10-22-19(20)21;1-3-14-7-5-8-15(17(14)20)12-16-9-4-6-13(2)18(16)21-11-10-19/h13-24,55-56H,12,25-31H2,1-11H3,(H,52,57)(H2,51,53,54,58,59);10-15,33H,9,16-18H2,1-8H3,(H2,30,31,32,34,35);4-9,23H,3,10-12H2,1-2H3,(H4,20,21,22);4-9,20H,3,11-12H2,1-2H3. The van der Waals surface area contributed by atoms with Crippen LogP contribution in [0.25, 0.3) is 0 Å². The van der Waals surface area contributed by atoms with Gasteiger partial charge in [-0.25, -0.2) is 34.0 Å². The van der Waals surface area contributed by atoms with Crippen molar-refractivity contribution in [3.8, 4) is 63.6 Å². The average Bonchev–Trinajstić information content (AvgIpc) is 0.752. The summed E-state index contributed by atoms with van der Waals surface area (Å²) in [4.78, 5) is 74.6. The number of aliphatic imine (C=N–C) groups is 3. The summed E-state index contributed by atoms with van der Waals surface area (Å²) in [6.07, 6.45) is 2.14. The van der Waals surface area contributed by atoms with E-state index in [0.29, 0.717) is 104 Å². The molecule has 10 rings (SSSR count). The second-order valence-electron chi connectivity index (χ2n) is 39.8. The fourth-order valence-corrected chi connectivity index (χ4v) is 15.3. The molecule has 0 unspecified atom stereocenters. The molecule has 31 nitrogen and oxygen atoms in total. The second kappa shape index (κ2) is 56.8. The predicted octanol–water partition coefficient (Wildman–Crippen LogP) is 21.3. The zero-order chi connectivity index (χ0) is 109. The molecule has 0 aliphatic heterocycles. The number of nitrogens with two attached hydrogens (primary N) is 2. The van der Waals surface area contributed by atoms with Crippen molar-refractivity contribution in [2.75, 3.05) is 59.2 Å². The van der Waals surface area contributed by atoms with Gasteiger partial charge in [0.15, 0.2) is 12.6 Å². The number of alkyl carbamates (subject to hydrolysis) is 5. The molecule has 790 valence electrons. The number of guanidine groups is 3. The molecule has 0 aliphatic rings. The van der Waals surface area contributed by atoms with Crippen molar-refractivity contribution in [2.45, 2.75) is 251 Å². The molecule has 0 radical (unpaired) electrons. The molecule has 0 aliphatic carbocycles. The summed E-state index contributed by atoms with van der Waals surface area (Å²) in [6.45, 7) is 43.6. The van der Waals surface area contributed by atoms with Crippen molar-refractivity contribution >= 4 is 48.3 Å². The van der Waals surface area contributed by atoms with E-state index < -0.39 is 58.5 Å². The Bertz CT molecular complexity index is 6140. The van der Waals surface area contributed by atoms with Crippen LogP contribution in [0.1, 0.15) is 243 Å². The number of nitrogens with zero attached hydrogens (tertiary/aromatic N) is 4. The van der Waals surface area contributed by atoms with Gasteiger partial charge in [0, 0.05) is 38.5 Å². The van der Waals surface area contributed by atoms with E-state index in [4.69, 9.17) is 64.1 Å². The number of carbonyl (C=O) groups is 5. The van der Waals surface area contributed by atoms with Crippen LogP contribution in [0.5, 0.6) is 57.5 Å². The van der Waals surface area contributed by atoms with Gasteiger partial charge in [0.2, 0.25) is 11.9 Å². The second-order valence-corrected chi connectivity index (χ2v) is 39.8. The number of amides is 5. The van der Waals surface area contributed by atoms with Crippen molar-refractivity contribution < 1.29 is 96.9 Å². The van der Waals surface area contributed by atoms with Crippen molar-refractivity contribution in [3.05, 3.63) is 293 Å². The number of ether oxygens (including phenoxy) is 10. The first-order valence-electron chi connectivity index (χ1n) is 49.4. The number of hydrogen-bond donors (Lipinski definition) is 12. The Morgan fingerprint density at radius 2 is 0.497 bits per heavy atom. The van der Waals surface area contributed by atoms with Crippen LogP contribution in [0.15, 0.2) is 197 Å². The SMILES string of the molecule is CCc1cccc(Cc2cccc(C)c2OCC#N)c1O.CCc1cccc(Cc2cccc(C)c2OCCN=C(N)N)c1O.CCc1cccc(Cc2cccc(C)c2OCCN=C(NC(=O)OC(C)(C)C)NC(=O)OC(C)(C)C)c1O.CCc1cccc(Cc2cccc(Cc3cccc(Cc4cccc(C)c4OCCN=C(NC(=O)OC(C)(C)C)NC(=O)OC(C)(C)C)c3O)c2OCCNC(=O)OC(C)(C)C)c1O. The van der Waals surface area contributed by atoms with Gasteiger partial charge in [-0.2, -0.15) is 5.26 Å². The zero-order valence-corrected chi connectivity index (χ0v) is 89.6. The molecule has 0 heterocycles. The number of carbonyl (C=O) groups excluding carboxylic acids is 5. The minimum atomic E-state index is -0.798. The van der Waals surface area contributed by atoms with E-state index in [1.165, 1.54) is 0 Å². The summed E-state index contributed by atoms with van der Waals surface area (Å²) in [7, 11) is 0. The van der Waals surface area contributed by atoms with E-state index >= 15 is 0 Å². The zero-order valence-electron chi connectivity index (χ0n) is 89.6. The number of nitrogens with one attached hydrogen (secondary N) is 5. The number of phenols is 5. The molecular formula is C116H151N11O20. The first-order valence-corrected chi connectivity index (χ1v) is 49.4. The third-order valence-corrected chi connectivity index (χ3v) is 21.8. The number of hydrogen-bond acceptors (Lipinski definition) is 24. The Kier molecular flexibility index (Phi) is 45.8. The van der Waals surface area contributed by atoms with E-state index in [9.17, 15) is 49.5 Å². The molecule has 0 aromatic heterocycles. The molecule has 5 amide bonds. The van der Waals surface area contributed by atoms with Gasteiger partial charge in [0.1, 0.15) is 118 Å². The fraction of sp³-hybridized carbons (Fsp3) is 0.405. The maximum atomic E-state index is 12.6. The van der Waals surface area contributed by atoms with Gasteiger partial charge in [-0.1, -0.05) is 210 Å². The molecule has 147 heavy (non-hydrogen) atoms. The molecule has 31 heteroatoms.